The zero-order valence-corrected chi connectivity index (χ0v) is 11.9. The SMILES string of the molecule is C[C@H]1CN(C(=O)[C@H]2CCCOC2)Cc2ccccc2O1. The minimum Gasteiger partial charge on any atom is -0.489 e. The van der Waals surface area contributed by atoms with Crippen molar-refractivity contribution in [3.8, 4) is 5.75 Å². The maximum absolute atomic E-state index is 12.7. The van der Waals surface area contributed by atoms with Crippen LogP contribution in [0.4, 0.5) is 0 Å². The average Bonchev–Trinajstić information content (AvgIpc) is 2.65. The van der Waals surface area contributed by atoms with Crippen molar-refractivity contribution >= 4 is 5.91 Å². The van der Waals surface area contributed by atoms with Gasteiger partial charge in [-0.3, -0.25) is 4.79 Å². The van der Waals surface area contributed by atoms with Gasteiger partial charge in [0.05, 0.1) is 19.1 Å². The molecule has 108 valence electrons. The van der Waals surface area contributed by atoms with Gasteiger partial charge in [-0.05, 0) is 25.8 Å². The number of rotatable bonds is 1. The molecule has 1 aromatic rings. The fourth-order valence-corrected chi connectivity index (χ4v) is 2.95. The molecule has 0 bridgehead atoms. The standard InChI is InChI=1S/C16H21NO3/c1-12-9-17(16(18)14-6-4-8-19-11-14)10-13-5-2-3-7-15(13)20-12/h2-3,5,7,12,14H,4,6,8-11H2,1H3/t12-,14-/m0/s1. The van der Waals surface area contributed by atoms with Gasteiger partial charge >= 0.3 is 0 Å². The summed E-state index contributed by atoms with van der Waals surface area (Å²) in [6, 6.07) is 7.97. The van der Waals surface area contributed by atoms with Gasteiger partial charge in [0.1, 0.15) is 11.9 Å². The van der Waals surface area contributed by atoms with E-state index in [0.717, 1.165) is 30.8 Å². The van der Waals surface area contributed by atoms with Gasteiger partial charge in [0.25, 0.3) is 0 Å². The highest BCUT2D eigenvalue weighted by Crippen LogP contribution is 2.26. The first kappa shape index (κ1) is 13.4. The molecule has 1 amide bonds. The van der Waals surface area contributed by atoms with Gasteiger partial charge in [-0.1, -0.05) is 18.2 Å². The molecule has 0 aliphatic carbocycles. The molecule has 0 radical (unpaired) electrons. The van der Waals surface area contributed by atoms with Crippen molar-refractivity contribution in [2.45, 2.75) is 32.4 Å². The maximum atomic E-state index is 12.7. The number of benzene rings is 1. The smallest absolute Gasteiger partial charge is 0.228 e. The molecule has 1 fully saturated rings. The number of carbonyl (C=O) groups excluding carboxylic acids is 1. The minimum atomic E-state index is 0.0150. The summed E-state index contributed by atoms with van der Waals surface area (Å²) < 4.78 is 11.3. The number of nitrogens with zero attached hydrogens (tertiary/aromatic N) is 1. The second-order valence-electron chi connectivity index (χ2n) is 5.67. The Morgan fingerprint density at radius 1 is 1.35 bits per heavy atom. The summed E-state index contributed by atoms with van der Waals surface area (Å²) in [5.41, 5.74) is 1.09. The molecule has 0 saturated carbocycles. The van der Waals surface area contributed by atoms with E-state index >= 15 is 0 Å². The van der Waals surface area contributed by atoms with Crippen LogP contribution in [0.3, 0.4) is 0 Å². The Morgan fingerprint density at radius 2 is 2.20 bits per heavy atom. The van der Waals surface area contributed by atoms with Crippen LogP contribution in [0.1, 0.15) is 25.3 Å². The van der Waals surface area contributed by atoms with Gasteiger partial charge in [0.15, 0.2) is 0 Å². The molecular formula is C16H21NO3. The molecule has 0 unspecified atom stereocenters. The van der Waals surface area contributed by atoms with Gasteiger partial charge in [-0.25, -0.2) is 0 Å². The number of carbonyl (C=O) groups is 1. The molecule has 1 saturated heterocycles. The molecule has 3 rings (SSSR count). The van der Waals surface area contributed by atoms with E-state index < -0.39 is 0 Å². The molecule has 1 aromatic carbocycles. The predicted molar refractivity (Wildman–Crippen MR) is 75.5 cm³/mol. The Balaban J connectivity index is 1.77. The largest absolute Gasteiger partial charge is 0.489 e. The Hall–Kier alpha value is -1.55. The second-order valence-corrected chi connectivity index (χ2v) is 5.67. The summed E-state index contributed by atoms with van der Waals surface area (Å²) in [6.07, 6.45) is 1.94. The second kappa shape index (κ2) is 5.83. The molecule has 2 heterocycles. The molecule has 4 heteroatoms. The normalized spacial score (nSPS) is 26.4. The van der Waals surface area contributed by atoms with Gasteiger partial charge in [-0.15, -0.1) is 0 Å². The highest BCUT2D eigenvalue weighted by Gasteiger charge is 2.30. The zero-order valence-electron chi connectivity index (χ0n) is 11.9. The lowest BCUT2D eigenvalue weighted by Gasteiger charge is -2.29. The van der Waals surface area contributed by atoms with Crippen molar-refractivity contribution in [1.82, 2.24) is 4.90 Å². The molecule has 0 aromatic heterocycles. The van der Waals surface area contributed by atoms with Crippen LogP contribution in [-0.4, -0.2) is 36.7 Å². The number of fused-ring (bicyclic) bond motifs is 1. The summed E-state index contributed by atoms with van der Waals surface area (Å²) in [4.78, 5) is 14.6. The third-order valence-corrected chi connectivity index (χ3v) is 3.96. The van der Waals surface area contributed by atoms with Crippen LogP contribution in [0.25, 0.3) is 0 Å². The van der Waals surface area contributed by atoms with Crippen molar-refractivity contribution in [3.63, 3.8) is 0 Å². The molecule has 4 nitrogen and oxygen atoms in total. The number of hydrogen-bond donors (Lipinski definition) is 0. The third-order valence-electron chi connectivity index (χ3n) is 3.96. The van der Waals surface area contributed by atoms with Crippen LogP contribution in [0.5, 0.6) is 5.75 Å². The number of ether oxygens (including phenoxy) is 2. The van der Waals surface area contributed by atoms with Crippen molar-refractivity contribution < 1.29 is 14.3 Å². The van der Waals surface area contributed by atoms with Crippen molar-refractivity contribution in [1.29, 1.82) is 0 Å². The molecule has 0 spiro atoms. The van der Waals surface area contributed by atoms with Gasteiger partial charge < -0.3 is 14.4 Å². The fourth-order valence-electron chi connectivity index (χ4n) is 2.95. The summed E-state index contributed by atoms with van der Waals surface area (Å²) in [7, 11) is 0. The molecule has 20 heavy (non-hydrogen) atoms. The number of para-hydroxylation sites is 1. The average molecular weight is 275 g/mol. The third kappa shape index (κ3) is 2.80. The van der Waals surface area contributed by atoms with E-state index in [1.54, 1.807) is 0 Å². The van der Waals surface area contributed by atoms with E-state index in [1.807, 2.05) is 36.1 Å². The molecule has 0 N–H and O–H groups in total. The highest BCUT2D eigenvalue weighted by molar-refractivity contribution is 5.79. The first-order valence-corrected chi connectivity index (χ1v) is 7.35. The number of hydrogen-bond acceptors (Lipinski definition) is 3. The lowest BCUT2D eigenvalue weighted by Crippen LogP contribution is -2.42. The van der Waals surface area contributed by atoms with E-state index in [2.05, 4.69) is 0 Å². The maximum Gasteiger partial charge on any atom is 0.228 e. The van der Waals surface area contributed by atoms with Crippen molar-refractivity contribution in [3.05, 3.63) is 29.8 Å². The van der Waals surface area contributed by atoms with E-state index in [1.165, 1.54) is 0 Å². The number of amides is 1. The first-order chi connectivity index (χ1) is 9.74. The summed E-state index contributed by atoms with van der Waals surface area (Å²) in [5.74, 6) is 1.12. The zero-order chi connectivity index (χ0) is 13.9. The quantitative estimate of drug-likeness (QED) is 0.789. The Kier molecular flexibility index (Phi) is 3.92. The highest BCUT2D eigenvalue weighted by atomic mass is 16.5. The van der Waals surface area contributed by atoms with Crippen molar-refractivity contribution in [2.24, 2.45) is 5.92 Å². The topological polar surface area (TPSA) is 38.8 Å². The van der Waals surface area contributed by atoms with Gasteiger partial charge in [0, 0.05) is 18.7 Å². The van der Waals surface area contributed by atoms with Gasteiger partial charge in [-0.2, -0.15) is 0 Å². The van der Waals surface area contributed by atoms with E-state index in [9.17, 15) is 4.79 Å². The van der Waals surface area contributed by atoms with Gasteiger partial charge in [0.2, 0.25) is 5.91 Å². The molecule has 2 aliphatic rings. The summed E-state index contributed by atoms with van der Waals surface area (Å²) in [6.45, 7) is 4.64. The first-order valence-electron chi connectivity index (χ1n) is 7.35. The Bertz CT molecular complexity index is 482. The molecular weight excluding hydrogens is 254 g/mol. The van der Waals surface area contributed by atoms with E-state index in [4.69, 9.17) is 9.47 Å². The summed E-state index contributed by atoms with van der Waals surface area (Å²) in [5, 5.41) is 0. The predicted octanol–water partition coefficient (Wildman–Crippen LogP) is 2.22. The van der Waals surface area contributed by atoms with E-state index in [0.29, 0.717) is 19.7 Å². The Labute approximate surface area is 119 Å². The minimum absolute atomic E-state index is 0.0150. The van der Waals surface area contributed by atoms with Crippen molar-refractivity contribution in [2.75, 3.05) is 19.8 Å². The van der Waals surface area contributed by atoms with Crippen LogP contribution in [0.15, 0.2) is 24.3 Å². The van der Waals surface area contributed by atoms with Crippen LogP contribution >= 0.6 is 0 Å². The molecule has 2 atom stereocenters. The van der Waals surface area contributed by atoms with Crippen LogP contribution in [0.2, 0.25) is 0 Å². The van der Waals surface area contributed by atoms with Crippen LogP contribution < -0.4 is 4.74 Å². The lowest BCUT2D eigenvalue weighted by atomic mass is 10.00. The fraction of sp³-hybridized carbons (Fsp3) is 0.562. The Morgan fingerprint density at radius 3 is 3.00 bits per heavy atom. The van der Waals surface area contributed by atoms with Crippen LogP contribution in [-0.2, 0) is 16.1 Å². The monoisotopic (exact) mass is 275 g/mol. The lowest BCUT2D eigenvalue weighted by molar-refractivity contribution is -0.141. The molecule has 2 aliphatic heterocycles. The van der Waals surface area contributed by atoms with E-state index in [-0.39, 0.29) is 17.9 Å². The van der Waals surface area contributed by atoms with Crippen LogP contribution in [0, 0.1) is 5.92 Å². The summed E-state index contributed by atoms with van der Waals surface area (Å²) >= 11 is 0.